The lowest BCUT2D eigenvalue weighted by Crippen LogP contribution is -2.44. The average Bonchev–Trinajstić information content (AvgIpc) is 3.27. The number of aromatic nitrogens is 2. The highest BCUT2D eigenvalue weighted by Gasteiger charge is 2.22. The van der Waals surface area contributed by atoms with Gasteiger partial charge in [-0.2, -0.15) is 0 Å². The molecule has 0 saturated carbocycles. The topological polar surface area (TPSA) is 64.3 Å². The van der Waals surface area contributed by atoms with Gasteiger partial charge in [0.25, 0.3) is 0 Å². The molecular formula is C28H27ClFN5O. The van der Waals surface area contributed by atoms with Crippen molar-refractivity contribution < 1.29 is 9.18 Å². The van der Waals surface area contributed by atoms with Gasteiger partial charge >= 0.3 is 0 Å². The Labute approximate surface area is 214 Å². The number of fused-ring (bicyclic) bond motifs is 1. The summed E-state index contributed by atoms with van der Waals surface area (Å²) >= 11 is 6.63. The van der Waals surface area contributed by atoms with E-state index in [-0.39, 0.29) is 11.7 Å². The molecule has 0 aliphatic carbocycles. The molecule has 2 aromatic carbocycles. The number of pyridine rings is 1. The number of benzene rings is 2. The normalized spacial score (nSPS) is 14.3. The van der Waals surface area contributed by atoms with Crippen LogP contribution in [-0.2, 0) is 4.79 Å². The highest BCUT2D eigenvalue weighted by molar-refractivity contribution is 6.36. The summed E-state index contributed by atoms with van der Waals surface area (Å²) in [6.45, 7) is 8.82. The van der Waals surface area contributed by atoms with Gasteiger partial charge in [-0.3, -0.25) is 4.79 Å². The molecule has 0 radical (unpaired) electrons. The summed E-state index contributed by atoms with van der Waals surface area (Å²) in [6, 6.07) is 12.8. The van der Waals surface area contributed by atoms with Crippen LogP contribution in [0.4, 0.5) is 15.8 Å². The Morgan fingerprint density at radius 3 is 2.61 bits per heavy atom. The number of anilines is 2. The number of nitrogens with zero attached hydrogens (tertiary/aromatic N) is 3. The summed E-state index contributed by atoms with van der Waals surface area (Å²) in [6.07, 6.45) is 2.87. The van der Waals surface area contributed by atoms with E-state index in [1.165, 1.54) is 6.08 Å². The molecule has 1 amide bonds. The fourth-order valence-corrected chi connectivity index (χ4v) is 4.88. The molecule has 1 aliphatic rings. The number of piperazine rings is 1. The molecule has 0 atom stereocenters. The maximum atomic E-state index is 15.4. The number of H-pyrrole nitrogens is 1. The van der Waals surface area contributed by atoms with Gasteiger partial charge in [0.2, 0.25) is 5.91 Å². The molecule has 8 heteroatoms. The molecule has 36 heavy (non-hydrogen) atoms. The quantitative estimate of drug-likeness (QED) is 0.334. The number of amides is 1. The van der Waals surface area contributed by atoms with Crippen molar-refractivity contribution in [3.63, 3.8) is 0 Å². The molecule has 3 heterocycles. The number of rotatable bonds is 5. The molecule has 1 saturated heterocycles. The number of carbonyl (C=O) groups is 1. The summed E-state index contributed by atoms with van der Waals surface area (Å²) in [5.74, 6) is -0.570. The third-order valence-corrected chi connectivity index (χ3v) is 7.01. The number of hydrogen-bond acceptors (Lipinski definition) is 4. The fraction of sp³-hybridized carbons (Fsp3) is 0.214. The number of aromatic amines is 1. The van der Waals surface area contributed by atoms with Gasteiger partial charge < -0.3 is 20.1 Å². The van der Waals surface area contributed by atoms with Gasteiger partial charge in [0, 0.05) is 54.6 Å². The summed E-state index contributed by atoms with van der Waals surface area (Å²) in [7, 11) is 2.08. The maximum absolute atomic E-state index is 15.4. The van der Waals surface area contributed by atoms with E-state index in [1.54, 1.807) is 18.3 Å². The van der Waals surface area contributed by atoms with Crippen LogP contribution in [0.5, 0.6) is 0 Å². The zero-order valence-corrected chi connectivity index (χ0v) is 21.0. The zero-order valence-electron chi connectivity index (χ0n) is 20.2. The summed E-state index contributed by atoms with van der Waals surface area (Å²) in [5.41, 5.74) is 5.78. The number of aryl methyl sites for hydroxylation is 1. The Balaban J connectivity index is 1.64. The van der Waals surface area contributed by atoms with Crippen LogP contribution in [0.15, 0.2) is 61.3 Å². The van der Waals surface area contributed by atoms with E-state index in [9.17, 15) is 4.79 Å². The highest BCUT2D eigenvalue weighted by atomic mass is 35.5. The van der Waals surface area contributed by atoms with E-state index < -0.39 is 0 Å². The Hall–Kier alpha value is -3.68. The van der Waals surface area contributed by atoms with Crippen molar-refractivity contribution in [2.75, 3.05) is 43.4 Å². The SMILES string of the molecule is C=CC(=O)Nc1cc(-c2c(-c3ccc(N4CCN(C)CC4)c(F)c3)[nH]c3nccc(Cl)c23)ccc1C. The summed E-state index contributed by atoms with van der Waals surface area (Å²) in [4.78, 5) is 24.1. The smallest absolute Gasteiger partial charge is 0.247 e. The average molecular weight is 504 g/mol. The van der Waals surface area contributed by atoms with E-state index in [4.69, 9.17) is 11.6 Å². The molecule has 1 fully saturated rings. The van der Waals surface area contributed by atoms with Gasteiger partial charge in [0.05, 0.1) is 16.4 Å². The van der Waals surface area contributed by atoms with Crippen LogP contribution < -0.4 is 10.2 Å². The lowest BCUT2D eigenvalue weighted by atomic mass is 9.97. The first-order valence-electron chi connectivity index (χ1n) is 11.8. The molecule has 0 bridgehead atoms. The van der Waals surface area contributed by atoms with Crippen LogP contribution in [-0.4, -0.2) is 54.0 Å². The second-order valence-electron chi connectivity index (χ2n) is 9.07. The number of carbonyl (C=O) groups excluding carboxylic acids is 1. The third kappa shape index (κ3) is 4.47. The molecule has 4 aromatic rings. The van der Waals surface area contributed by atoms with Crippen LogP contribution in [0, 0.1) is 12.7 Å². The summed E-state index contributed by atoms with van der Waals surface area (Å²) < 4.78 is 15.4. The maximum Gasteiger partial charge on any atom is 0.247 e. The second-order valence-corrected chi connectivity index (χ2v) is 9.48. The van der Waals surface area contributed by atoms with Crippen molar-refractivity contribution in [1.29, 1.82) is 0 Å². The molecule has 0 spiro atoms. The van der Waals surface area contributed by atoms with E-state index in [1.807, 2.05) is 37.3 Å². The Morgan fingerprint density at radius 1 is 1.14 bits per heavy atom. The van der Waals surface area contributed by atoms with E-state index in [0.29, 0.717) is 33.3 Å². The molecule has 0 unspecified atom stereocenters. The first-order valence-corrected chi connectivity index (χ1v) is 12.2. The number of nitrogens with one attached hydrogen (secondary N) is 2. The minimum atomic E-state index is -0.296. The van der Waals surface area contributed by atoms with Crippen molar-refractivity contribution in [1.82, 2.24) is 14.9 Å². The first kappa shape index (κ1) is 24.0. The fourth-order valence-electron chi connectivity index (χ4n) is 4.64. The summed E-state index contributed by atoms with van der Waals surface area (Å²) in [5, 5.41) is 4.13. The van der Waals surface area contributed by atoms with E-state index in [2.05, 4.69) is 38.7 Å². The van der Waals surface area contributed by atoms with Crippen LogP contribution in [0.25, 0.3) is 33.4 Å². The van der Waals surface area contributed by atoms with Crippen LogP contribution in [0.3, 0.4) is 0 Å². The zero-order chi connectivity index (χ0) is 25.4. The van der Waals surface area contributed by atoms with Gasteiger partial charge in [0.15, 0.2) is 0 Å². The van der Waals surface area contributed by atoms with E-state index >= 15 is 4.39 Å². The predicted octanol–water partition coefficient (Wildman–Crippen LogP) is 5.87. The first-order chi connectivity index (χ1) is 17.4. The van der Waals surface area contributed by atoms with Crippen LogP contribution in [0.2, 0.25) is 5.02 Å². The van der Waals surface area contributed by atoms with Crippen molar-refractivity contribution >= 4 is 39.9 Å². The minimum Gasteiger partial charge on any atom is -0.367 e. The van der Waals surface area contributed by atoms with Crippen molar-refractivity contribution in [2.24, 2.45) is 0 Å². The molecule has 184 valence electrons. The van der Waals surface area contributed by atoms with Gasteiger partial charge in [-0.15, -0.1) is 0 Å². The Kier molecular flexibility index (Phi) is 6.51. The van der Waals surface area contributed by atoms with Crippen LogP contribution >= 0.6 is 11.6 Å². The largest absolute Gasteiger partial charge is 0.367 e. The predicted molar refractivity (Wildman–Crippen MR) is 145 cm³/mol. The third-order valence-electron chi connectivity index (χ3n) is 6.69. The number of likely N-dealkylation sites (N-methyl/N-ethyl adjacent to an activating group) is 1. The molecule has 2 N–H and O–H groups in total. The highest BCUT2D eigenvalue weighted by Crippen LogP contribution is 2.42. The standard InChI is InChI=1S/C28H27ClFN5O/c1-4-24(36)32-22-16-18(6-5-17(22)2)25-26-20(29)9-10-31-28(26)33-27(25)19-7-8-23(21(30)15-19)35-13-11-34(3)12-14-35/h4-10,15-16H,1,11-14H2,2-3H3,(H,31,33)(H,32,36). The Bertz CT molecular complexity index is 1470. The van der Waals surface area contributed by atoms with Gasteiger partial charge in [0.1, 0.15) is 11.5 Å². The number of halogens is 2. The van der Waals surface area contributed by atoms with Crippen molar-refractivity contribution in [2.45, 2.75) is 6.92 Å². The van der Waals surface area contributed by atoms with Crippen molar-refractivity contribution in [3.05, 3.63) is 77.7 Å². The lowest BCUT2D eigenvalue weighted by Gasteiger charge is -2.34. The molecule has 6 nitrogen and oxygen atoms in total. The van der Waals surface area contributed by atoms with Crippen molar-refractivity contribution in [3.8, 4) is 22.4 Å². The Morgan fingerprint density at radius 2 is 1.89 bits per heavy atom. The monoisotopic (exact) mass is 503 g/mol. The van der Waals surface area contributed by atoms with Gasteiger partial charge in [-0.05, 0) is 55.4 Å². The molecule has 1 aliphatic heterocycles. The second kappa shape index (κ2) is 9.76. The van der Waals surface area contributed by atoms with Gasteiger partial charge in [-0.1, -0.05) is 36.4 Å². The van der Waals surface area contributed by atoms with Gasteiger partial charge in [-0.25, -0.2) is 9.37 Å². The molecule has 2 aromatic heterocycles. The molecule has 5 rings (SSSR count). The minimum absolute atomic E-state index is 0.274. The molecular weight excluding hydrogens is 477 g/mol. The van der Waals surface area contributed by atoms with E-state index in [0.717, 1.165) is 48.3 Å². The van der Waals surface area contributed by atoms with Crippen LogP contribution in [0.1, 0.15) is 5.56 Å². The number of hydrogen-bond donors (Lipinski definition) is 2. The lowest BCUT2D eigenvalue weighted by molar-refractivity contribution is -0.111.